The minimum absolute atomic E-state index is 0.131. The fourth-order valence-electron chi connectivity index (χ4n) is 3.21. The Bertz CT molecular complexity index is 819. The van der Waals surface area contributed by atoms with Crippen LogP contribution in [0.15, 0.2) is 48.5 Å². The smallest absolute Gasteiger partial charge is 0.239 e. The largest absolute Gasteiger partial charge is 0.302 e. The number of rotatable bonds is 4. The summed E-state index contributed by atoms with van der Waals surface area (Å²) in [6.45, 7) is 0.448. The van der Waals surface area contributed by atoms with Crippen molar-refractivity contribution in [3.63, 3.8) is 0 Å². The zero-order valence-electron chi connectivity index (χ0n) is 13.8. The minimum atomic E-state index is -3.52. The molecule has 0 spiro atoms. The van der Waals surface area contributed by atoms with E-state index >= 15 is 0 Å². The van der Waals surface area contributed by atoms with Crippen molar-refractivity contribution in [1.82, 2.24) is 4.90 Å². The van der Waals surface area contributed by atoms with Gasteiger partial charge in [0.15, 0.2) is 0 Å². The molecule has 1 heterocycles. The molecule has 0 N–H and O–H groups in total. The number of hydrogen-bond donors (Lipinski definition) is 0. The first-order chi connectivity index (χ1) is 11.4. The van der Waals surface area contributed by atoms with Crippen LogP contribution >= 0.6 is 0 Å². The standard InChI is InChI=1S/C18H21FN2O2S/c1-20(2)17-11-12-21(18-6-4-3-5-16(17)18)24(22,23)13-14-7-9-15(19)10-8-14/h3-10,17H,11-13H2,1-2H3. The van der Waals surface area contributed by atoms with Gasteiger partial charge in [0, 0.05) is 12.6 Å². The summed E-state index contributed by atoms with van der Waals surface area (Å²) in [5.41, 5.74) is 2.35. The van der Waals surface area contributed by atoms with Crippen LogP contribution in [0.5, 0.6) is 0 Å². The van der Waals surface area contributed by atoms with Gasteiger partial charge >= 0.3 is 0 Å². The SMILES string of the molecule is CN(C)C1CCN(S(=O)(=O)Cc2ccc(F)cc2)c2ccccc21. The Kier molecular flexibility index (Phi) is 4.60. The monoisotopic (exact) mass is 348 g/mol. The highest BCUT2D eigenvalue weighted by atomic mass is 32.2. The Balaban J connectivity index is 1.93. The second kappa shape index (κ2) is 6.53. The fourth-order valence-corrected chi connectivity index (χ4v) is 4.83. The molecule has 3 rings (SSSR count). The van der Waals surface area contributed by atoms with E-state index in [0.29, 0.717) is 12.1 Å². The van der Waals surface area contributed by atoms with Crippen LogP contribution in [0.1, 0.15) is 23.6 Å². The van der Waals surface area contributed by atoms with Gasteiger partial charge in [0.2, 0.25) is 10.0 Å². The minimum Gasteiger partial charge on any atom is -0.302 e. The number of nitrogens with zero attached hydrogens (tertiary/aromatic N) is 2. The van der Waals surface area contributed by atoms with Gasteiger partial charge in [0.05, 0.1) is 11.4 Å². The highest BCUT2D eigenvalue weighted by Crippen LogP contribution is 2.38. The third kappa shape index (κ3) is 3.30. The van der Waals surface area contributed by atoms with E-state index < -0.39 is 10.0 Å². The maximum absolute atomic E-state index is 13.0. The number of hydrogen-bond acceptors (Lipinski definition) is 3. The lowest BCUT2D eigenvalue weighted by molar-refractivity contribution is 0.281. The van der Waals surface area contributed by atoms with Crippen LogP contribution in [0, 0.1) is 5.82 Å². The number of fused-ring (bicyclic) bond motifs is 1. The molecule has 1 atom stereocenters. The lowest BCUT2D eigenvalue weighted by Crippen LogP contribution is -2.40. The molecule has 0 saturated heterocycles. The quantitative estimate of drug-likeness (QED) is 0.852. The maximum atomic E-state index is 13.0. The van der Waals surface area contributed by atoms with Crippen LogP contribution in [0.25, 0.3) is 0 Å². The first-order valence-electron chi connectivity index (χ1n) is 7.89. The summed E-state index contributed by atoms with van der Waals surface area (Å²) in [4.78, 5) is 2.11. The van der Waals surface area contributed by atoms with E-state index in [2.05, 4.69) is 4.90 Å². The number of sulfonamides is 1. The molecule has 0 amide bonds. The first-order valence-corrected chi connectivity index (χ1v) is 9.49. The van der Waals surface area contributed by atoms with Gasteiger partial charge in [0.25, 0.3) is 0 Å². The molecule has 0 radical (unpaired) electrons. The topological polar surface area (TPSA) is 40.6 Å². The van der Waals surface area contributed by atoms with Crippen LogP contribution in [-0.2, 0) is 15.8 Å². The third-order valence-electron chi connectivity index (χ3n) is 4.39. The molecule has 0 fully saturated rings. The van der Waals surface area contributed by atoms with Gasteiger partial charge < -0.3 is 4.90 Å². The van der Waals surface area contributed by atoms with Crippen molar-refractivity contribution in [3.05, 3.63) is 65.5 Å². The Labute approximate surface area is 142 Å². The summed E-state index contributed by atoms with van der Waals surface area (Å²) >= 11 is 0. The fraction of sp³-hybridized carbons (Fsp3) is 0.333. The molecule has 1 aliphatic rings. The van der Waals surface area contributed by atoms with E-state index in [1.807, 2.05) is 38.4 Å². The molecule has 2 aromatic carbocycles. The summed E-state index contributed by atoms with van der Waals surface area (Å²) in [6.07, 6.45) is 0.743. The Morgan fingerprint density at radius 3 is 2.46 bits per heavy atom. The molecular formula is C18H21FN2O2S. The molecule has 4 nitrogen and oxygen atoms in total. The molecule has 1 aliphatic heterocycles. The first kappa shape index (κ1) is 16.9. The molecule has 0 aliphatic carbocycles. The summed E-state index contributed by atoms with van der Waals surface area (Å²) in [6, 6.07) is 13.5. The normalized spacial score (nSPS) is 17.8. The van der Waals surface area contributed by atoms with Crippen molar-refractivity contribution < 1.29 is 12.8 Å². The highest BCUT2D eigenvalue weighted by Gasteiger charge is 2.32. The lowest BCUT2D eigenvalue weighted by Gasteiger charge is -2.37. The molecule has 2 aromatic rings. The van der Waals surface area contributed by atoms with Gasteiger partial charge in [-0.3, -0.25) is 4.31 Å². The second-order valence-corrected chi connectivity index (χ2v) is 8.18. The maximum Gasteiger partial charge on any atom is 0.239 e. The summed E-state index contributed by atoms with van der Waals surface area (Å²) in [7, 11) is 0.489. The van der Waals surface area contributed by atoms with Crippen LogP contribution in [0.2, 0.25) is 0 Å². The van der Waals surface area contributed by atoms with Gasteiger partial charge in [-0.2, -0.15) is 0 Å². The van der Waals surface area contributed by atoms with E-state index in [1.165, 1.54) is 28.6 Å². The van der Waals surface area contributed by atoms with Crippen molar-refractivity contribution in [2.45, 2.75) is 18.2 Å². The zero-order chi connectivity index (χ0) is 17.3. The van der Waals surface area contributed by atoms with E-state index in [0.717, 1.165) is 17.7 Å². The van der Waals surface area contributed by atoms with Crippen molar-refractivity contribution in [2.24, 2.45) is 0 Å². The third-order valence-corrected chi connectivity index (χ3v) is 6.14. The van der Waals surface area contributed by atoms with Crippen molar-refractivity contribution in [3.8, 4) is 0 Å². The van der Waals surface area contributed by atoms with E-state index in [-0.39, 0.29) is 17.6 Å². The molecular weight excluding hydrogens is 327 g/mol. The molecule has 6 heteroatoms. The molecule has 0 aromatic heterocycles. The lowest BCUT2D eigenvalue weighted by atomic mass is 9.97. The van der Waals surface area contributed by atoms with Gasteiger partial charge in [0.1, 0.15) is 5.82 Å². The second-order valence-electron chi connectivity index (χ2n) is 6.28. The molecule has 0 saturated carbocycles. The average molecular weight is 348 g/mol. The number of benzene rings is 2. The number of halogens is 1. The van der Waals surface area contributed by atoms with Crippen LogP contribution in [-0.4, -0.2) is 34.0 Å². The predicted octanol–water partition coefficient (Wildman–Crippen LogP) is 3.17. The zero-order valence-corrected chi connectivity index (χ0v) is 14.6. The number of para-hydroxylation sites is 1. The van der Waals surface area contributed by atoms with Crippen LogP contribution in [0.3, 0.4) is 0 Å². The van der Waals surface area contributed by atoms with Crippen LogP contribution in [0.4, 0.5) is 10.1 Å². The Morgan fingerprint density at radius 2 is 1.79 bits per heavy atom. The van der Waals surface area contributed by atoms with E-state index in [1.54, 1.807) is 0 Å². The van der Waals surface area contributed by atoms with Gasteiger partial charge in [-0.15, -0.1) is 0 Å². The molecule has 128 valence electrons. The number of anilines is 1. The predicted molar refractivity (Wildman–Crippen MR) is 93.9 cm³/mol. The van der Waals surface area contributed by atoms with Crippen molar-refractivity contribution >= 4 is 15.7 Å². The molecule has 1 unspecified atom stereocenters. The van der Waals surface area contributed by atoms with Crippen molar-refractivity contribution in [2.75, 3.05) is 24.9 Å². The average Bonchev–Trinajstić information content (AvgIpc) is 2.55. The van der Waals surface area contributed by atoms with Crippen molar-refractivity contribution in [1.29, 1.82) is 0 Å². The summed E-state index contributed by atoms with van der Waals surface area (Å²) in [5, 5.41) is 0. The summed E-state index contributed by atoms with van der Waals surface area (Å²) < 4.78 is 40.3. The van der Waals surface area contributed by atoms with E-state index in [4.69, 9.17) is 0 Å². The molecule has 0 bridgehead atoms. The molecule has 24 heavy (non-hydrogen) atoms. The van der Waals surface area contributed by atoms with Gasteiger partial charge in [-0.1, -0.05) is 30.3 Å². The van der Waals surface area contributed by atoms with E-state index in [9.17, 15) is 12.8 Å². The Morgan fingerprint density at radius 1 is 1.12 bits per heavy atom. The Hall–Kier alpha value is -1.92. The summed E-state index contributed by atoms with van der Waals surface area (Å²) in [5.74, 6) is -0.498. The van der Waals surface area contributed by atoms with Crippen LogP contribution < -0.4 is 4.31 Å². The van der Waals surface area contributed by atoms with Gasteiger partial charge in [-0.25, -0.2) is 12.8 Å². The van der Waals surface area contributed by atoms with Gasteiger partial charge in [-0.05, 0) is 49.8 Å². The highest BCUT2D eigenvalue weighted by molar-refractivity contribution is 7.92.